The number of hydrogen-bond donors (Lipinski definition) is 1. The molecular weight excluding hydrogens is 351 g/mol. The number of benzene rings is 1. The zero-order chi connectivity index (χ0) is 18.1. The highest BCUT2D eigenvalue weighted by molar-refractivity contribution is 7.17. The van der Waals surface area contributed by atoms with Crippen molar-refractivity contribution < 1.29 is 9.18 Å². The number of amides is 1. The van der Waals surface area contributed by atoms with Crippen LogP contribution in [-0.4, -0.2) is 66.0 Å². The summed E-state index contributed by atoms with van der Waals surface area (Å²) in [6.07, 6.45) is 1.04. The number of nitrogens with zero attached hydrogens (tertiary/aromatic N) is 3. The van der Waals surface area contributed by atoms with Crippen molar-refractivity contribution in [1.29, 1.82) is 0 Å². The van der Waals surface area contributed by atoms with E-state index in [1.54, 1.807) is 12.1 Å². The third-order valence-corrected chi connectivity index (χ3v) is 6.40. The van der Waals surface area contributed by atoms with Gasteiger partial charge < -0.3 is 10.2 Å². The van der Waals surface area contributed by atoms with Gasteiger partial charge in [0, 0.05) is 50.9 Å². The fourth-order valence-corrected chi connectivity index (χ4v) is 4.77. The van der Waals surface area contributed by atoms with Crippen molar-refractivity contribution in [3.63, 3.8) is 0 Å². The lowest BCUT2D eigenvalue weighted by molar-refractivity contribution is 0.0777. The number of rotatable bonds is 3. The van der Waals surface area contributed by atoms with Crippen LogP contribution in [0.2, 0.25) is 0 Å². The van der Waals surface area contributed by atoms with Crippen molar-refractivity contribution in [2.45, 2.75) is 19.4 Å². The van der Waals surface area contributed by atoms with E-state index in [4.69, 9.17) is 0 Å². The van der Waals surface area contributed by atoms with E-state index in [0.717, 1.165) is 62.0 Å². The standard InChI is InChI=1S/C19H23FN4OS/c1-13-17(26-18(22-13)14-2-4-15(20)5-3-14)19(25)24-9-6-16(12-24)23-10-7-21-8-11-23/h2-5,16,21H,6-12H2,1H3. The topological polar surface area (TPSA) is 48.5 Å². The molecule has 1 amide bonds. The maximum absolute atomic E-state index is 13.1. The summed E-state index contributed by atoms with van der Waals surface area (Å²) < 4.78 is 13.1. The summed E-state index contributed by atoms with van der Waals surface area (Å²) in [6, 6.07) is 6.72. The van der Waals surface area contributed by atoms with E-state index in [2.05, 4.69) is 15.2 Å². The molecule has 2 aromatic rings. The highest BCUT2D eigenvalue weighted by atomic mass is 32.1. The summed E-state index contributed by atoms with van der Waals surface area (Å²) in [6.45, 7) is 7.64. The number of aromatic nitrogens is 1. The molecular formula is C19H23FN4OS. The Balaban J connectivity index is 1.47. The number of likely N-dealkylation sites (tertiary alicyclic amines) is 1. The van der Waals surface area contributed by atoms with Gasteiger partial charge in [0.15, 0.2) is 0 Å². The Labute approximate surface area is 156 Å². The normalized spacial score (nSPS) is 21.3. The zero-order valence-corrected chi connectivity index (χ0v) is 15.7. The molecule has 26 heavy (non-hydrogen) atoms. The number of piperazine rings is 1. The summed E-state index contributed by atoms with van der Waals surface area (Å²) in [5, 5.41) is 4.14. The van der Waals surface area contributed by atoms with Crippen LogP contribution >= 0.6 is 11.3 Å². The van der Waals surface area contributed by atoms with Gasteiger partial charge in [-0.05, 0) is 37.6 Å². The number of nitrogens with one attached hydrogen (secondary N) is 1. The molecule has 1 aromatic heterocycles. The molecule has 1 N–H and O–H groups in total. The molecule has 2 aliphatic heterocycles. The predicted octanol–water partition coefficient (Wildman–Crippen LogP) is 2.38. The molecule has 1 unspecified atom stereocenters. The Morgan fingerprint density at radius 3 is 2.69 bits per heavy atom. The number of thiazole rings is 1. The molecule has 3 heterocycles. The van der Waals surface area contributed by atoms with Gasteiger partial charge in [-0.3, -0.25) is 9.69 Å². The SMILES string of the molecule is Cc1nc(-c2ccc(F)cc2)sc1C(=O)N1CCC(N2CCNCC2)C1. The Bertz CT molecular complexity index is 785. The van der Waals surface area contributed by atoms with Crippen LogP contribution in [-0.2, 0) is 0 Å². The van der Waals surface area contributed by atoms with Crippen molar-refractivity contribution in [3.8, 4) is 10.6 Å². The highest BCUT2D eigenvalue weighted by Crippen LogP contribution is 2.30. The van der Waals surface area contributed by atoms with E-state index in [-0.39, 0.29) is 11.7 Å². The van der Waals surface area contributed by atoms with Crippen LogP contribution < -0.4 is 5.32 Å². The number of halogens is 1. The second-order valence-corrected chi connectivity index (χ2v) is 7.92. The molecule has 0 spiro atoms. The minimum atomic E-state index is -0.269. The van der Waals surface area contributed by atoms with Gasteiger partial charge in [-0.2, -0.15) is 0 Å². The Morgan fingerprint density at radius 2 is 1.96 bits per heavy atom. The second kappa shape index (κ2) is 7.42. The van der Waals surface area contributed by atoms with Gasteiger partial charge in [-0.25, -0.2) is 9.37 Å². The van der Waals surface area contributed by atoms with E-state index < -0.39 is 0 Å². The summed E-state index contributed by atoms with van der Waals surface area (Å²) in [5.41, 5.74) is 1.60. The maximum Gasteiger partial charge on any atom is 0.265 e. The van der Waals surface area contributed by atoms with Gasteiger partial charge in [0.1, 0.15) is 15.7 Å². The van der Waals surface area contributed by atoms with E-state index >= 15 is 0 Å². The summed E-state index contributed by atoms with van der Waals surface area (Å²) >= 11 is 1.40. The fraction of sp³-hybridized carbons (Fsp3) is 0.474. The number of aryl methyl sites for hydroxylation is 1. The van der Waals surface area contributed by atoms with Crippen molar-refractivity contribution in [1.82, 2.24) is 20.1 Å². The molecule has 1 atom stereocenters. The average Bonchev–Trinajstić information content (AvgIpc) is 3.30. The van der Waals surface area contributed by atoms with Crippen LogP contribution in [0.25, 0.3) is 10.6 Å². The molecule has 4 rings (SSSR count). The van der Waals surface area contributed by atoms with E-state index in [1.807, 2.05) is 11.8 Å². The minimum Gasteiger partial charge on any atom is -0.336 e. The molecule has 138 valence electrons. The van der Waals surface area contributed by atoms with Crippen LogP contribution in [0.4, 0.5) is 4.39 Å². The van der Waals surface area contributed by atoms with Gasteiger partial charge in [-0.15, -0.1) is 11.3 Å². The lowest BCUT2D eigenvalue weighted by Gasteiger charge is -2.32. The molecule has 1 aromatic carbocycles. The first-order chi connectivity index (χ1) is 12.6. The van der Waals surface area contributed by atoms with Gasteiger partial charge in [0.05, 0.1) is 5.69 Å². The van der Waals surface area contributed by atoms with Crippen LogP contribution in [0, 0.1) is 12.7 Å². The largest absolute Gasteiger partial charge is 0.336 e. The zero-order valence-electron chi connectivity index (χ0n) is 14.9. The predicted molar refractivity (Wildman–Crippen MR) is 101 cm³/mol. The molecule has 0 saturated carbocycles. The number of carbonyl (C=O) groups excluding carboxylic acids is 1. The lowest BCUT2D eigenvalue weighted by atomic mass is 10.2. The average molecular weight is 374 g/mol. The van der Waals surface area contributed by atoms with Crippen molar-refractivity contribution in [2.24, 2.45) is 0 Å². The molecule has 0 bridgehead atoms. The van der Waals surface area contributed by atoms with Gasteiger partial charge >= 0.3 is 0 Å². The third kappa shape index (κ3) is 3.51. The molecule has 2 fully saturated rings. The van der Waals surface area contributed by atoms with Crippen LogP contribution in [0.5, 0.6) is 0 Å². The van der Waals surface area contributed by atoms with Crippen LogP contribution in [0.15, 0.2) is 24.3 Å². The first-order valence-corrected chi connectivity index (χ1v) is 9.91. The van der Waals surface area contributed by atoms with E-state index in [1.165, 1.54) is 23.5 Å². The Hall–Kier alpha value is -1.83. The summed E-state index contributed by atoms with van der Waals surface area (Å²) in [4.78, 5) is 22.7. The first-order valence-electron chi connectivity index (χ1n) is 9.09. The molecule has 2 aliphatic rings. The quantitative estimate of drug-likeness (QED) is 0.896. The summed E-state index contributed by atoms with van der Waals surface area (Å²) in [5.74, 6) is -0.194. The van der Waals surface area contributed by atoms with E-state index in [0.29, 0.717) is 10.9 Å². The molecule has 7 heteroatoms. The van der Waals surface area contributed by atoms with E-state index in [9.17, 15) is 9.18 Å². The van der Waals surface area contributed by atoms with Crippen molar-refractivity contribution in [2.75, 3.05) is 39.3 Å². The minimum absolute atomic E-state index is 0.0750. The fourth-order valence-electron chi connectivity index (χ4n) is 3.73. The summed E-state index contributed by atoms with van der Waals surface area (Å²) in [7, 11) is 0. The van der Waals surface area contributed by atoms with Crippen LogP contribution in [0.1, 0.15) is 21.8 Å². The molecule has 2 saturated heterocycles. The molecule has 5 nitrogen and oxygen atoms in total. The second-order valence-electron chi connectivity index (χ2n) is 6.92. The monoisotopic (exact) mass is 374 g/mol. The van der Waals surface area contributed by atoms with Crippen molar-refractivity contribution in [3.05, 3.63) is 40.7 Å². The number of hydrogen-bond acceptors (Lipinski definition) is 5. The molecule has 0 radical (unpaired) electrons. The van der Waals surface area contributed by atoms with Crippen LogP contribution in [0.3, 0.4) is 0 Å². The van der Waals surface area contributed by atoms with Gasteiger partial charge in [0.25, 0.3) is 5.91 Å². The molecule has 0 aliphatic carbocycles. The van der Waals surface area contributed by atoms with Crippen molar-refractivity contribution >= 4 is 17.2 Å². The number of carbonyl (C=O) groups is 1. The maximum atomic E-state index is 13.1. The first kappa shape index (κ1) is 17.6. The highest BCUT2D eigenvalue weighted by Gasteiger charge is 2.32. The van der Waals surface area contributed by atoms with Gasteiger partial charge in [-0.1, -0.05) is 0 Å². The van der Waals surface area contributed by atoms with Gasteiger partial charge in [0.2, 0.25) is 0 Å². The third-order valence-electron chi connectivity index (χ3n) is 5.20. The lowest BCUT2D eigenvalue weighted by Crippen LogP contribution is -2.49. The Kier molecular flexibility index (Phi) is 5.02. The Morgan fingerprint density at radius 1 is 1.23 bits per heavy atom. The smallest absolute Gasteiger partial charge is 0.265 e.